The van der Waals surface area contributed by atoms with Crippen molar-refractivity contribution in [3.8, 4) is 11.4 Å². The molecule has 10 heteroatoms. The molecular formula is C18H23N5O3S2. The van der Waals surface area contributed by atoms with Gasteiger partial charge in [-0.2, -0.15) is 0 Å². The van der Waals surface area contributed by atoms with Gasteiger partial charge in [0.2, 0.25) is 5.91 Å². The molecule has 28 heavy (non-hydrogen) atoms. The van der Waals surface area contributed by atoms with E-state index >= 15 is 0 Å². The molecule has 0 aliphatic carbocycles. The molecule has 1 fully saturated rings. The molecule has 8 nitrogen and oxygen atoms in total. The lowest BCUT2D eigenvalue weighted by Crippen LogP contribution is -2.41. The summed E-state index contributed by atoms with van der Waals surface area (Å²) >= 11 is 1.31. The molecule has 1 saturated heterocycles. The molecule has 0 aromatic carbocycles. The lowest BCUT2D eigenvalue weighted by molar-refractivity contribution is -0.130. The number of pyridine rings is 1. The van der Waals surface area contributed by atoms with Gasteiger partial charge in [0.25, 0.3) is 0 Å². The Balaban J connectivity index is 1.76. The number of aromatic nitrogens is 4. The summed E-state index contributed by atoms with van der Waals surface area (Å²) in [5.74, 6) is 0.732. The molecule has 3 heterocycles. The number of hydrogen-bond acceptors (Lipinski definition) is 7. The lowest BCUT2D eigenvalue weighted by atomic mass is 10.2. The number of allylic oxidation sites excluding steroid dienone is 1. The Morgan fingerprint density at radius 3 is 2.75 bits per heavy atom. The van der Waals surface area contributed by atoms with Gasteiger partial charge in [-0.15, -0.1) is 16.8 Å². The molecular weight excluding hydrogens is 398 g/mol. The highest BCUT2D eigenvalue weighted by atomic mass is 32.2. The van der Waals surface area contributed by atoms with Gasteiger partial charge in [-0.25, -0.2) is 8.42 Å². The van der Waals surface area contributed by atoms with Crippen molar-refractivity contribution in [2.75, 3.05) is 18.6 Å². The Labute approximate surface area is 169 Å². The third-order valence-corrected chi connectivity index (χ3v) is 7.52. The third-order valence-electron chi connectivity index (χ3n) is 4.70. The van der Waals surface area contributed by atoms with Crippen molar-refractivity contribution >= 4 is 27.5 Å². The fraction of sp³-hybridized carbons (Fsp3) is 0.444. The third kappa shape index (κ3) is 4.44. The predicted octanol–water partition coefficient (Wildman–Crippen LogP) is 1.65. The summed E-state index contributed by atoms with van der Waals surface area (Å²) in [5.41, 5.74) is 0.878. The summed E-state index contributed by atoms with van der Waals surface area (Å²) in [6, 6.07) is 3.43. The van der Waals surface area contributed by atoms with Crippen LogP contribution in [-0.2, 0) is 21.2 Å². The fourth-order valence-corrected chi connectivity index (χ4v) is 5.87. The van der Waals surface area contributed by atoms with Crippen molar-refractivity contribution in [1.82, 2.24) is 24.6 Å². The highest BCUT2D eigenvalue weighted by Crippen LogP contribution is 2.28. The van der Waals surface area contributed by atoms with Gasteiger partial charge in [0.05, 0.1) is 16.8 Å². The van der Waals surface area contributed by atoms with Crippen LogP contribution in [0.1, 0.15) is 13.3 Å². The first kappa shape index (κ1) is 20.5. The molecule has 0 N–H and O–H groups in total. The predicted molar refractivity (Wildman–Crippen MR) is 109 cm³/mol. The zero-order chi connectivity index (χ0) is 20.3. The molecule has 0 saturated carbocycles. The molecule has 1 aliphatic rings. The Morgan fingerprint density at radius 2 is 2.14 bits per heavy atom. The van der Waals surface area contributed by atoms with Gasteiger partial charge in [-0.3, -0.25) is 14.3 Å². The maximum absolute atomic E-state index is 12.8. The van der Waals surface area contributed by atoms with E-state index in [9.17, 15) is 13.2 Å². The number of rotatable bonds is 7. The number of hydrogen-bond donors (Lipinski definition) is 0. The Morgan fingerprint density at radius 1 is 1.43 bits per heavy atom. The van der Waals surface area contributed by atoms with Gasteiger partial charge in [0.1, 0.15) is 0 Å². The highest BCUT2D eigenvalue weighted by Gasteiger charge is 2.34. The van der Waals surface area contributed by atoms with E-state index in [2.05, 4.69) is 21.8 Å². The SMILES string of the molecule is C=CCn1c(S[C@@H](C)C(=O)N(C)[C@H]2CCS(=O)(=O)C2)nnc1-c1ccncc1. The maximum Gasteiger partial charge on any atom is 0.235 e. The van der Waals surface area contributed by atoms with Gasteiger partial charge >= 0.3 is 0 Å². The zero-order valence-corrected chi connectivity index (χ0v) is 17.5. The molecule has 3 rings (SSSR count). The van der Waals surface area contributed by atoms with E-state index in [4.69, 9.17) is 0 Å². The molecule has 0 bridgehead atoms. The first-order chi connectivity index (χ1) is 13.3. The Bertz CT molecular complexity index is 959. The number of nitrogens with zero attached hydrogens (tertiary/aromatic N) is 5. The summed E-state index contributed by atoms with van der Waals surface area (Å²) in [5, 5.41) is 8.71. The van der Waals surface area contributed by atoms with Crippen LogP contribution in [-0.4, -0.2) is 68.8 Å². The number of carbonyl (C=O) groups excluding carboxylic acids is 1. The van der Waals surface area contributed by atoms with Crippen molar-refractivity contribution in [3.63, 3.8) is 0 Å². The minimum Gasteiger partial charge on any atom is -0.341 e. The zero-order valence-electron chi connectivity index (χ0n) is 15.9. The Hall–Kier alpha value is -2.20. The second kappa shape index (κ2) is 8.44. The molecule has 0 spiro atoms. The van der Waals surface area contributed by atoms with Crippen LogP contribution in [0.5, 0.6) is 0 Å². The number of amides is 1. The molecule has 1 amide bonds. The minimum absolute atomic E-state index is 0.0332. The first-order valence-electron chi connectivity index (χ1n) is 8.90. The van der Waals surface area contributed by atoms with Crippen LogP contribution < -0.4 is 0 Å². The van der Waals surface area contributed by atoms with Gasteiger partial charge in [0, 0.05) is 37.6 Å². The summed E-state index contributed by atoms with van der Waals surface area (Å²) < 4.78 is 25.3. The summed E-state index contributed by atoms with van der Waals surface area (Å²) in [4.78, 5) is 18.4. The summed E-state index contributed by atoms with van der Waals surface area (Å²) in [7, 11) is -1.37. The number of thioether (sulfide) groups is 1. The number of carbonyl (C=O) groups is 1. The van der Waals surface area contributed by atoms with E-state index < -0.39 is 15.1 Å². The highest BCUT2D eigenvalue weighted by molar-refractivity contribution is 8.00. The molecule has 0 radical (unpaired) electrons. The van der Waals surface area contributed by atoms with Crippen molar-refractivity contribution in [1.29, 1.82) is 0 Å². The van der Waals surface area contributed by atoms with Crippen molar-refractivity contribution < 1.29 is 13.2 Å². The second-order valence-corrected chi connectivity index (χ2v) is 10.2. The van der Waals surface area contributed by atoms with Crippen molar-refractivity contribution in [2.24, 2.45) is 0 Å². The van der Waals surface area contributed by atoms with Gasteiger partial charge in [-0.1, -0.05) is 17.8 Å². The minimum atomic E-state index is -3.04. The maximum atomic E-state index is 12.8. The van der Waals surface area contributed by atoms with E-state index in [0.29, 0.717) is 23.9 Å². The van der Waals surface area contributed by atoms with E-state index in [1.807, 2.05) is 16.7 Å². The fourth-order valence-electron chi connectivity index (χ4n) is 3.14. The van der Waals surface area contributed by atoms with E-state index in [1.54, 1.807) is 37.3 Å². The molecule has 0 unspecified atom stereocenters. The quantitative estimate of drug-likeness (QED) is 0.495. The summed E-state index contributed by atoms with van der Waals surface area (Å²) in [6.45, 7) is 6.09. The smallest absolute Gasteiger partial charge is 0.235 e. The first-order valence-corrected chi connectivity index (χ1v) is 11.6. The summed E-state index contributed by atoms with van der Waals surface area (Å²) in [6.07, 6.45) is 5.61. The standard InChI is InChI=1S/C18H23N5O3S2/c1-4-10-23-16(14-5-8-19-9-6-14)20-21-18(23)27-13(2)17(24)22(3)15-7-11-28(25,26)12-15/h4-6,8-9,13,15H,1,7,10-12H2,2-3H3/t13-,15-/m0/s1. The van der Waals surface area contributed by atoms with Gasteiger partial charge in [0.15, 0.2) is 20.8 Å². The largest absolute Gasteiger partial charge is 0.341 e. The molecule has 2 aromatic heterocycles. The topological polar surface area (TPSA) is 98.1 Å². The monoisotopic (exact) mass is 421 g/mol. The van der Waals surface area contributed by atoms with Crippen LogP contribution in [0.25, 0.3) is 11.4 Å². The van der Waals surface area contributed by atoms with Crippen LogP contribution in [0.15, 0.2) is 42.3 Å². The Kier molecular flexibility index (Phi) is 6.19. The van der Waals surface area contributed by atoms with Crippen LogP contribution in [0, 0.1) is 0 Å². The van der Waals surface area contributed by atoms with E-state index in [0.717, 1.165) is 5.56 Å². The lowest BCUT2D eigenvalue weighted by Gasteiger charge is -2.26. The molecule has 150 valence electrons. The van der Waals surface area contributed by atoms with Crippen LogP contribution >= 0.6 is 11.8 Å². The van der Waals surface area contributed by atoms with Gasteiger partial charge < -0.3 is 4.90 Å². The van der Waals surface area contributed by atoms with Crippen molar-refractivity contribution in [3.05, 3.63) is 37.2 Å². The molecule has 2 aromatic rings. The normalized spacial score (nSPS) is 19.3. The second-order valence-electron chi connectivity index (χ2n) is 6.71. The average Bonchev–Trinajstić information content (AvgIpc) is 3.24. The van der Waals surface area contributed by atoms with Crippen LogP contribution in [0.4, 0.5) is 0 Å². The van der Waals surface area contributed by atoms with E-state index in [1.165, 1.54) is 11.8 Å². The molecule has 1 aliphatic heterocycles. The number of sulfone groups is 1. The van der Waals surface area contributed by atoms with Crippen molar-refractivity contribution in [2.45, 2.75) is 36.3 Å². The van der Waals surface area contributed by atoms with Crippen LogP contribution in [0.3, 0.4) is 0 Å². The molecule has 2 atom stereocenters. The van der Waals surface area contributed by atoms with Crippen LogP contribution in [0.2, 0.25) is 0 Å². The van der Waals surface area contributed by atoms with Gasteiger partial charge in [-0.05, 0) is 25.5 Å². The van der Waals surface area contributed by atoms with E-state index in [-0.39, 0.29) is 23.5 Å². The average molecular weight is 422 g/mol.